The number of hydrogen-bond acceptors (Lipinski definition) is 1. The molecule has 4 N–H and O–H groups in total. The third-order valence-corrected chi connectivity index (χ3v) is 3.77. The Morgan fingerprint density at radius 2 is 1.79 bits per heavy atom. The van der Waals surface area contributed by atoms with Gasteiger partial charge in [-0.05, 0) is 53.6 Å². The van der Waals surface area contributed by atoms with Gasteiger partial charge in [0.25, 0.3) is 0 Å². The molecule has 0 saturated heterocycles. The molecule has 0 atom stereocenters. The first kappa shape index (κ1) is 18.0. The molecule has 0 fully saturated rings. The highest BCUT2D eigenvalue weighted by atomic mass is 35.5. The van der Waals surface area contributed by atoms with Crippen LogP contribution in [0.1, 0.15) is 12.5 Å². The first-order chi connectivity index (χ1) is 8.20. The van der Waals surface area contributed by atoms with Crippen molar-refractivity contribution in [3.8, 4) is 11.1 Å². The van der Waals surface area contributed by atoms with Crippen LogP contribution >= 0.6 is 23.4 Å². The summed E-state index contributed by atoms with van der Waals surface area (Å²) in [5, 5.41) is 0.791. The maximum absolute atomic E-state index is 6.06. The highest BCUT2D eigenvalue weighted by Crippen LogP contribution is 2.29. The predicted octanol–water partition coefficient (Wildman–Crippen LogP) is 3.78. The molecule has 2 aromatic rings. The molecule has 104 valence electrons. The number of rotatable bonds is 3. The minimum Gasteiger partial charge on any atom is -0.412 e. The monoisotopic (exact) mass is 298 g/mol. The summed E-state index contributed by atoms with van der Waals surface area (Å²) in [6, 6.07) is 14.7. The number of aryl methyl sites for hydroxylation is 1. The summed E-state index contributed by atoms with van der Waals surface area (Å²) in [5.74, 6) is 1.10. The smallest absolute Gasteiger partial charge is 0.0412 e. The number of halogens is 1. The summed E-state index contributed by atoms with van der Waals surface area (Å²) in [6.45, 7) is 4.28. The van der Waals surface area contributed by atoms with E-state index in [1.54, 1.807) is 0 Å². The summed E-state index contributed by atoms with van der Waals surface area (Å²) in [5.41, 5.74) is 3.72. The van der Waals surface area contributed by atoms with Gasteiger partial charge in [0.15, 0.2) is 0 Å². The van der Waals surface area contributed by atoms with E-state index in [4.69, 9.17) is 11.6 Å². The SMILES string of the molecule is CCSc1cccc(-c2cc(Cl)ccc2C)c1.O.O. The highest BCUT2D eigenvalue weighted by Gasteiger charge is 2.03. The van der Waals surface area contributed by atoms with Crippen LogP contribution in [0.3, 0.4) is 0 Å². The lowest BCUT2D eigenvalue weighted by Crippen LogP contribution is -1.84. The zero-order chi connectivity index (χ0) is 12.3. The van der Waals surface area contributed by atoms with E-state index < -0.39 is 0 Å². The summed E-state index contributed by atoms with van der Waals surface area (Å²) >= 11 is 7.92. The quantitative estimate of drug-likeness (QED) is 0.795. The van der Waals surface area contributed by atoms with Gasteiger partial charge in [-0.2, -0.15) is 0 Å². The molecule has 0 radical (unpaired) electrons. The molecule has 2 aromatic carbocycles. The lowest BCUT2D eigenvalue weighted by atomic mass is 10.0. The van der Waals surface area contributed by atoms with Crippen molar-refractivity contribution in [2.45, 2.75) is 18.7 Å². The van der Waals surface area contributed by atoms with Gasteiger partial charge in [-0.1, -0.05) is 36.7 Å². The van der Waals surface area contributed by atoms with Gasteiger partial charge in [-0.15, -0.1) is 11.8 Å². The average Bonchev–Trinajstić information content (AvgIpc) is 2.33. The van der Waals surface area contributed by atoms with Crippen molar-refractivity contribution in [2.24, 2.45) is 0 Å². The van der Waals surface area contributed by atoms with E-state index in [0.717, 1.165) is 10.8 Å². The fraction of sp³-hybridized carbons (Fsp3) is 0.200. The van der Waals surface area contributed by atoms with Gasteiger partial charge in [-0.3, -0.25) is 0 Å². The molecule has 2 rings (SSSR count). The summed E-state index contributed by atoms with van der Waals surface area (Å²) in [4.78, 5) is 1.31. The molecule has 0 amide bonds. The van der Waals surface area contributed by atoms with Crippen molar-refractivity contribution in [3.05, 3.63) is 53.1 Å². The lowest BCUT2D eigenvalue weighted by Gasteiger charge is -2.08. The summed E-state index contributed by atoms with van der Waals surface area (Å²) in [7, 11) is 0. The van der Waals surface area contributed by atoms with E-state index in [1.807, 2.05) is 23.9 Å². The maximum atomic E-state index is 6.06. The zero-order valence-electron chi connectivity index (χ0n) is 11.0. The van der Waals surface area contributed by atoms with Crippen LogP contribution in [-0.2, 0) is 0 Å². The van der Waals surface area contributed by atoms with Crippen LogP contribution in [-0.4, -0.2) is 16.7 Å². The molecule has 0 aliphatic rings. The third-order valence-electron chi connectivity index (χ3n) is 2.66. The van der Waals surface area contributed by atoms with E-state index in [-0.39, 0.29) is 11.0 Å². The normalized spacial score (nSPS) is 9.42. The van der Waals surface area contributed by atoms with Gasteiger partial charge >= 0.3 is 0 Å². The standard InChI is InChI=1S/C15H15ClS.2H2O/c1-3-17-14-6-4-5-12(9-14)15-10-13(16)8-7-11(15)2;;/h4-10H,3H2,1-2H3;2*1H2. The van der Waals surface area contributed by atoms with Gasteiger partial charge < -0.3 is 11.0 Å². The fourth-order valence-electron chi connectivity index (χ4n) is 1.83. The summed E-state index contributed by atoms with van der Waals surface area (Å²) < 4.78 is 0. The van der Waals surface area contributed by atoms with Gasteiger partial charge in [0, 0.05) is 9.92 Å². The Kier molecular flexibility index (Phi) is 7.79. The van der Waals surface area contributed by atoms with Crippen LogP contribution in [0.2, 0.25) is 5.02 Å². The largest absolute Gasteiger partial charge is 0.412 e. The second-order valence-electron chi connectivity index (χ2n) is 3.92. The topological polar surface area (TPSA) is 63.0 Å². The van der Waals surface area contributed by atoms with Gasteiger partial charge in [0.05, 0.1) is 0 Å². The van der Waals surface area contributed by atoms with Crippen LogP contribution in [0.15, 0.2) is 47.4 Å². The van der Waals surface area contributed by atoms with Gasteiger partial charge in [0.1, 0.15) is 0 Å². The second kappa shape index (κ2) is 8.23. The van der Waals surface area contributed by atoms with Crippen molar-refractivity contribution >= 4 is 23.4 Å². The van der Waals surface area contributed by atoms with E-state index in [9.17, 15) is 0 Å². The van der Waals surface area contributed by atoms with E-state index in [1.165, 1.54) is 21.6 Å². The Bertz CT molecular complexity index is 529. The van der Waals surface area contributed by atoms with Crippen molar-refractivity contribution in [3.63, 3.8) is 0 Å². The molecule has 0 aliphatic carbocycles. The Morgan fingerprint density at radius 1 is 1.05 bits per heavy atom. The Hall–Kier alpha value is -1.00. The van der Waals surface area contributed by atoms with Crippen molar-refractivity contribution in [2.75, 3.05) is 5.75 Å². The minimum absolute atomic E-state index is 0. The molecule has 0 spiro atoms. The molecular formula is C15H19ClO2S. The molecule has 0 bridgehead atoms. The van der Waals surface area contributed by atoms with Gasteiger partial charge in [-0.25, -0.2) is 0 Å². The highest BCUT2D eigenvalue weighted by molar-refractivity contribution is 7.99. The Morgan fingerprint density at radius 3 is 2.47 bits per heavy atom. The van der Waals surface area contributed by atoms with Crippen molar-refractivity contribution in [1.82, 2.24) is 0 Å². The van der Waals surface area contributed by atoms with Crippen LogP contribution in [0, 0.1) is 6.92 Å². The van der Waals surface area contributed by atoms with Crippen LogP contribution in [0.4, 0.5) is 0 Å². The Balaban J connectivity index is 0.00000162. The minimum atomic E-state index is 0. The fourth-order valence-corrected chi connectivity index (χ4v) is 2.72. The van der Waals surface area contributed by atoms with E-state index in [2.05, 4.69) is 44.2 Å². The van der Waals surface area contributed by atoms with Gasteiger partial charge in [0.2, 0.25) is 0 Å². The Labute approximate surface area is 123 Å². The lowest BCUT2D eigenvalue weighted by molar-refractivity contribution is 0.823. The summed E-state index contributed by atoms with van der Waals surface area (Å²) in [6.07, 6.45) is 0. The zero-order valence-corrected chi connectivity index (χ0v) is 12.6. The molecule has 2 nitrogen and oxygen atoms in total. The number of thioether (sulfide) groups is 1. The molecular weight excluding hydrogens is 280 g/mol. The first-order valence-electron chi connectivity index (χ1n) is 5.70. The van der Waals surface area contributed by atoms with Crippen LogP contribution < -0.4 is 0 Å². The average molecular weight is 299 g/mol. The molecule has 0 heterocycles. The predicted molar refractivity (Wildman–Crippen MR) is 85.3 cm³/mol. The molecule has 19 heavy (non-hydrogen) atoms. The first-order valence-corrected chi connectivity index (χ1v) is 7.06. The van der Waals surface area contributed by atoms with E-state index >= 15 is 0 Å². The molecule has 0 saturated carbocycles. The van der Waals surface area contributed by atoms with E-state index in [0.29, 0.717) is 0 Å². The number of hydrogen-bond donors (Lipinski definition) is 0. The third kappa shape index (κ3) is 4.55. The molecule has 0 aliphatic heterocycles. The van der Waals surface area contributed by atoms with Crippen molar-refractivity contribution < 1.29 is 11.0 Å². The molecule has 0 unspecified atom stereocenters. The molecule has 4 heteroatoms. The second-order valence-corrected chi connectivity index (χ2v) is 5.69. The van der Waals surface area contributed by atoms with Crippen molar-refractivity contribution in [1.29, 1.82) is 0 Å². The maximum Gasteiger partial charge on any atom is 0.0412 e. The number of benzene rings is 2. The van der Waals surface area contributed by atoms with Crippen LogP contribution in [0.25, 0.3) is 11.1 Å². The van der Waals surface area contributed by atoms with Crippen LogP contribution in [0.5, 0.6) is 0 Å². The molecule has 0 aromatic heterocycles.